The summed E-state index contributed by atoms with van der Waals surface area (Å²) in [6, 6.07) is 12.2. The zero-order valence-electron chi connectivity index (χ0n) is 15.3. The number of methoxy groups -OCH3 is 1. The number of carbonyl (C=O) groups is 1. The van der Waals surface area contributed by atoms with Gasteiger partial charge in [0.1, 0.15) is 11.4 Å². The summed E-state index contributed by atoms with van der Waals surface area (Å²) in [5.74, 6) is 1.06. The summed E-state index contributed by atoms with van der Waals surface area (Å²) >= 11 is 0. The van der Waals surface area contributed by atoms with E-state index in [4.69, 9.17) is 9.15 Å². The lowest BCUT2D eigenvalue weighted by Gasteiger charge is -2.11. The zero-order chi connectivity index (χ0) is 19.2. The Labute approximate surface area is 156 Å². The molecule has 27 heavy (non-hydrogen) atoms. The summed E-state index contributed by atoms with van der Waals surface area (Å²) in [6.45, 7) is 2.28. The molecular weight excluding hydrogens is 346 g/mol. The van der Waals surface area contributed by atoms with E-state index in [0.717, 1.165) is 5.56 Å². The van der Waals surface area contributed by atoms with E-state index >= 15 is 0 Å². The minimum atomic E-state index is -0.217. The predicted molar refractivity (Wildman–Crippen MR) is 102 cm³/mol. The van der Waals surface area contributed by atoms with E-state index in [-0.39, 0.29) is 17.9 Å². The Bertz CT molecular complexity index is 977. The first-order chi connectivity index (χ1) is 13.1. The highest BCUT2D eigenvalue weighted by Gasteiger charge is 2.09. The van der Waals surface area contributed by atoms with Crippen molar-refractivity contribution >= 4 is 11.6 Å². The maximum absolute atomic E-state index is 12.2. The number of nitrogens with one attached hydrogen (secondary N) is 1. The summed E-state index contributed by atoms with van der Waals surface area (Å²) in [6.07, 6.45) is 2.29. The Hall–Kier alpha value is -3.35. The predicted octanol–water partition coefficient (Wildman–Crippen LogP) is 3.24. The number of anilines is 1. The largest absolute Gasteiger partial charge is 0.495 e. The fraction of sp³-hybridized carbons (Fsp3) is 0.250. The van der Waals surface area contributed by atoms with Gasteiger partial charge in [0.25, 0.3) is 5.56 Å². The number of hydrogen-bond donors (Lipinski definition) is 1. The third-order valence-electron chi connectivity index (χ3n) is 4.04. The van der Waals surface area contributed by atoms with Crippen molar-refractivity contribution in [2.45, 2.75) is 26.3 Å². The average Bonchev–Trinajstić information content (AvgIpc) is 3.18. The van der Waals surface area contributed by atoms with Gasteiger partial charge in [-0.15, -0.1) is 0 Å². The van der Waals surface area contributed by atoms with Gasteiger partial charge in [0.05, 0.1) is 19.1 Å². The summed E-state index contributed by atoms with van der Waals surface area (Å²) < 4.78 is 11.9. The number of furan rings is 1. The number of nitrogens with zero attached hydrogens (tertiary/aromatic N) is 2. The highest BCUT2D eigenvalue weighted by molar-refractivity contribution is 5.92. The molecule has 0 bridgehead atoms. The first-order valence-electron chi connectivity index (χ1n) is 8.63. The van der Waals surface area contributed by atoms with Gasteiger partial charge in [-0.1, -0.05) is 6.07 Å². The smallest absolute Gasteiger partial charge is 0.266 e. The maximum atomic E-state index is 12.2. The van der Waals surface area contributed by atoms with E-state index in [1.165, 1.54) is 10.7 Å². The highest BCUT2D eigenvalue weighted by Crippen LogP contribution is 2.25. The molecule has 0 fully saturated rings. The van der Waals surface area contributed by atoms with Gasteiger partial charge >= 0.3 is 0 Å². The third-order valence-corrected chi connectivity index (χ3v) is 4.04. The fourth-order valence-electron chi connectivity index (χ4n) is 2.69. The van der Waals surface area contributed by atoms with Gasteiger partial charge in [0.2, 0.25) is 5.91 Å². The van der Waals surface area contributed by atoms with Crippen LogP contribution in [0.1, 0.15) is 18.4 Å². The zero-order valence-corrected chi connectivity index (χ0v) is 15.3. The van der Waals surface area contributed by atoms with Crippen LogP contribution in [0.4, 0.5) is 5.69 Å². The van der Waals surface area contributed by atoms with E-state index in [2.05, 4.69) is 10.4 Å². The summed E-state index contributed by atoms with van der Waals surface area (Å²) in [5.41, 5.74) is 2.02. The van der Waals surface area contributed by atoms with Crippen molar-refractivity contribution < 1.29 is 13.9 Å². The lowest BCUT2D eigenvalue weighted by molar-refractivity contribution is -0.116. The molecule has 0 atom stereocenters. The number of hydrogen-bond acceptors (Lipinski definition) is 5. The normalized spacial score (nSPS) is 10.6. The first kappa shape index (κ1) is 18.4. The quantitative estimate of drug-likeness (QED) is 0.693. The van der Waals surface area contributed by atoms with Crippen LogP contribution in [-0.4, -0.2) is 22.8 Å². The molecule has 7 heteroatoms. The Balaban J connectivity index is 1.60. The van der Waals surface area contributed by atoms with E-state index in [9.17, 15) is 9.59 Å². The van der Waals surface area contributed by atoms with Crippen molar-refractivity contribution in [2.24, 2.45) is 0 Å². The van der Waals surface area contributed by atoms with Crippen molar-refractivity contribution in [2.75, 3.05) is 12.4 Å². The lowest BCUT2D eigenvalue weighted by atomic mass is 10.2. The molecule has 2 heterocycles. The van der Waals surface area contributed by atoms with Gasteiger partial charge in [-0.3, -0.25) is 9.59 Å². The van der Waals surface area contributed by atoms with E-state index in [0.29, 0.717) is 35.9 Å². The Morgan fingerprint density at radius 2 is 2.11 bits per heavy atom. The molecule has 0 unspecified atom stereocenters. The Morgan fingerprint density at radius 1 is 1.26 bits per heavy atom. The molecule has 3 aromatic rings. The second-order valence-corrected chi connectivity index (χ2v) is 6.11. The van der Waals surface area contributed by atoms with Crippen LogP contribution in [0.5, 0.6) is 5.75 Å². The van der Waals surface area contributed by atoms with Crippen LogP contribution in [-0.2, 0) is 11.3 Å². The second kappa shape index (κ2) is 8.35. The van der Waals surface area contributed by atoms with Gasteiger partial charge < -0.3 is 14.5 Å². The molecule has 1 aromatic carbocycles. The molecule has 1 N–H and O–H groups in total. The SMILES string of the molecule is COc1ccc(C)cc1NC(=O)CCCn1nc(-c2ccco2)ccc1=O. The Kier molecular flexibility index (Phi) is 5.71. The minimum absolute atomic E-state index is 0.144. The van der Waals surface area contributed by atoms with Gasteiger partial charge in [-0.05, 0) is 49.2 Å². The molecular formula is C20H21N3O4. The third kappa shape index (κ3) is 4.63. The molecule has 0 aliphatic heterocycles. The number of carbonyl (C=O) groups excluding carboxylic acids is 1. The molecule has 0 aliphatic rings. The molecule has 2 aromatic heterocycles. The van der Waals surface area contributed by atoms with Crippen LogP contribution in [0.15, 0.2) is 57.9 Å². The molecule has 1 amide bonds. The minimum Gasteiger partial charge on any atom is -0.495 e. The van der Waals surface area contributed by atoms with Crippen molar-refractivity contribution in [3.05, 3.63) is 64.6 Å². The fourth-order valence-corrected chi connectivity index (χ4v) is 2.69. The number of rotatable bonds is 7. The van der Waals surface area contributed by atoms with Crippen molar-refractivity contribution in [1.82, 2.24) is 9.78 Å². The molecule has 0 saturated carbocycles. The topological polar surface area (TPSA) is 86.4 Å². The average molecular weight is 367 g/mol. The van der Waals surface area contributed by atoms with Gasteiger partial charge in [0, 0.05) is 19.0 Å². The van der Waals surface area contributed by atoms with E-state index in [1.54, 1.807) is 31.6 Å². The highest BCUT2D eigenvalue weighted by atomic mass is 16.5. The molecule has 0 saturated heterocycles. The molecule has 0 spiro atoms. The summed E-state index contributed by atoms with van der Waals surface area (Å²) in [4.78, 5) is 24.2. The second-order valence-electron chi connectivity index (χ2n) is 6.11. The summed E-state index contributed by atoms with van der Waals surface area (Å²) in [5, 5.41) is 7.14. The molecule has 0 aliphatic carbocycles. The van der Waals surface area contributed by atoms with Crippen molar-refractivity contribution in [1.29, 1.82) is 0 Å². The van der Waals surface area contributed by atoms with Crippen LogP contribution in [0.3, 0.4) is 0 Å². The maximum Gasteiger partial charge on any atom is 0.266 e. The van der Waals surface area contributed by atoms with Crippen LogP contribution >= 0.6 is 0 Å². The van der Waals surface area contributed by atoms with Gasteiger partial charge in [-0.2, -0.15) is 5.10 Å². The molecule has 140 valence electrons. The molecule has 7 nitrogen and oxygen atoms in total. The molecule has 0 radical (unpaired) electrons. The Morgan fingerprint density at radius 3 is 2.85 bits per heavy atom. The number of benzene rings is 1. The number of aryl methyl sites for hydroxylation is 2. The van der Waals surface area contributed by atoms with Crippen molar-refractivity contribution in [3.63, 3.8) is 0 Å². The van der Waals surface area contributed by atoms with Gasteiger partial charge in [-0.25, -0.2) is 4.68 Å². The van der Waals surface area contributed by atoms with Gasteiger partial charge in [0.15, 0.2) is 5.76 Å². The standard InChI is InChI=1S/C20H21N3O4/c1-14-7-9-17(26-2)16(13-14)21-19(24)6-3-11-23-20(25)10-8-15(22-23)18-5-4-12-27-18/h4-5,7-10,12-13H,3,6,11H2,1-2H3,(H,21,24). The van der Waals surface area contributed by atoms with Crippen LogP contribution in [0.25, 0.3) is 11.5 Å². The summed E-state index contributed by atoms with van der Waals surface area (Å²) in [7, 11) is 1.56. The number of amides is 1. The van der Waals surface area contributed by atoms with E-state index in [1.807, 2.05) is 25.1 Å². The number of ether oxygens (including phenoxy) is 1. The van der Waals surface area contributed by atoms with Crippen molar-refractivity contribution in [3.8, 4) is 17.2 Å². The first-order valence-corrected chi connectivity index (χ1v) is 8.63. The van der Waals surface area contributed by atoms with Crippen LogP contribution in [0, 0.1) is 6.92 Å². The van der Waals surface area contributed by atoms with E-state index < -0.39 is 0 Å². The number of aromatic nitrogens is 2. The van der Waals surface area contributed by atoms with Crippen LogP contribution < -0.4 is 15.6 Å². The monoisotopic (exact) mass is 367 g/mol. The van der Waals surface area contributed by atoms with Crippen LogP contribution in [0.2, 0.25) is 0 Å². The lowest BCUT2D eigenvalue weighted by Crippen LogP contribution is -2.23. The molecule has 3 rings (SSSR count).